The van der Waals surface area contributed by atoms with Crippen molar-refractivity contribution in [1.82, 2.24) is 9.78 Å². The molecule has 1 heterocycles. The molecule has 7 heteroatoms. The van der Waals surface area contributed by atoms with Gasteiger partial charge in [-0.1, -0.05) is 41.9 Å². The molecule has 0 radical (unpaired) electrons. The Labute approximate surface area is 170 Å². The standard InChI is InChI=1S/C20H17BrClN3O2/c1-12-17(21)11-23-25(12)13(2)20(27)24-18-9-8-15(22)10-16(18)19(26)14-6-4-3-5-7-14/h3-11,13H,1-2H3,(H,24,27). The van der Waals surface area contributed by atoms with Gasteiger partial charge in [0.25, 0.3) is 0 Å². The van der Waals surface area contributed by atoms with Crippen molar-refractivity contribution in [3.63, 3.8) is 0 Å². The highest BCUT2D eigenvalue weighted by atomic mass is 79.9. The molecule has 0 spiro atoms. The van der Waals surface area contributed by atoms with Crippen molar-refractivity contribution in [3.05, 3.63) is 81.0 Å². The van der Waals surface area contributed by atoms with Crippen LogP contribution in [0.2, 0.25) is 5.02 Å². The van der Waals surface area contributed by atoms with Gasteiger partial charge >= 0.3 is 0 Å². The molecule has 138 valence electrons. The molecule has 1 aromatic heterocycles. The van der Waals surface area contributed by atoms with Crippen LogP contribution in [0.5, 0.6) is 0 Å². The van der Waals surface area contributed by atoms with Gasteiger partial charge in [0.05, 0.1) is 22.1 Å². The normalized spacial score (nSPS) is 11.9. The van der Waals surface area contributed by atoms with Gasteiger partial charge in [-0.05, 0) is 48.0 Å². The third kappa shape index (κ3) is 4.12. The van der Waals surface area contributed by atoms with Crippen molar-refractivity contribution < 1.29 is 9.59 Å². The number of hydrogen-bond donors (Lipinski definition) is 1. The summed E-state index contributed by atoms with van der Waals surface area (Å²) in [4.78, 5) is 25.6. The molecule has 1 N–H and O–H groups in total. The zero-order chi connectivity index (χ0) is 19.6. The smallest absolute Gasteiger partial charge is 0.248 e. The minimum absolute atomic E-state index is 0.209. The molecule has 1 amide bonds. The number of carbonyl (C=O) groups is 2. The number of nitrogens with one attached hydrogen (secondary N) is 1. The fraction of sp³-hybridized carbons (Fsp3) is 0.150. The Hall–Kier alpha value is -2.44. The van der Waals surface area contributed by atoms with E-state index in [1.807, 2.05) is 13.0 Å². The van der Waals surface area contributed by atoms with Crippen molar-refractivity contribution in [1.29, 1.82) is 0 Å². The lowest BCUT2D eigenvalue weighted by molar-refractivity contribution is -0.119. The Bertz CT molecular complexity index is 1000. The highest BCUT2D eigenvalue weighted by Crippen LogP contribution is 2.25. The van der Waals surface area contributed by atoms with E-state index in [-0.39, 0.29) is 11.7 Å². The summed E-state index contributed by atoms with van der Waals surface area (Å²) in [6.07, 6.45) is 1.64. The maximum atomic E-state index is 12.9. The quantitative estimate of drug-likeness (QED) is 0.559. The second-order valence-electron chi connectivity index (χ2n) is 6.07. The van der Waals surface area contributed by atoms with Crippen LogP contribution in [0.15, 0.2) is 59.2 Å². The first kappa shape index (κ1) is 19.3. The van der Waals surface area contributed by atoms with Crippen molar-refractivity contribution >= 4 is 44.9 Å². The molecule has 0 fully saturated rings. The summed E-state index contributed by atoms with van der Waals surface area (Å²) in [6.45, 7) is 3.61. The second kappa shape index (κ2) is 8.06. The van der Waals surface area contributed by atoms with Gasteiger partial charge in [0.2, 0.25) is 5.91 Å². The minimum atomic E-state index is -0.549. The van der Waals surface area contributed by atoms with E-state index < -0.39 is 6.04 Å². The molecule has 0 saturated carbocycles. The average Bonchev–Trinajstić information content (AvgIpc) is 3.01. The second-order valence-corrected chi connectivity index (χ2v) is 7.36. The molecule has 0 aliphatic heterocycles. The number of aromatic nitrogens is 2. The molecule has 0 saturated heterocycles. The lowest BCUT2D eigenvalue weighted by atomic mass is 10.0. The first-order chi connectivity index (χ1) is 12.9. The molecule has 1 atom stereocenters. The number of hydrogen-bond acceptors (Lipinski definition) is 3. The van der Waals surface area contributed by atoms with Gasteiger partial charge in [-0.25, -0.2) is 0 Å². The molecule has 0 aliphatic rings. The number of carbonyl (C=O) groups excluding carboxylic acids is 2. The summed E-state index contributed by atoms with van der Waals surface area (Å²) < 4.78 is 2.45. The molecule has 2 aromatic carbocycles. The Kier molecular flexibility index (Phi) is 5.77. The largest absolute Gasteiger partial charge is 0.324 e. The summed E-state index contributed by atoms with van der Waals surface area (Å²) in [5.74, 6) is -0.489. The summed E-state index contributed by atoms with van der Waals surface area (Å²) in [5, 5.41) is 7.47. The summed E-state index contributed by atoms with van der Waals surface area (Å²) >= 11 is 9.47. The van der Waals surface area contributed by atoms with Crippen molar-refractivity contribution in [2.45, 2.75) is 19.9 Å². The molecular formula is C20H17BrClN3O2. The zero-order valence-electron chi connectivity index (χ0n) is 14.7. The van der Waals surface area contributed by atoms with Crippen LogP contribution in [0.3, 0.4) is 0 Å². The van der Waals surface area contributed by atoms with Crippen LogP contribution in [0.1, 0.15) is 34.6 Å². The molecule has 3 aromatic rings. The molecule has 1 unspecified atom stereocenters. The monoisotopic (exact) mass is 445 g/mol. The summed E-state index contributed by atoms with van der Waals surface area (Å²) in [7, 11) is 0. The summed E-state index contributed by atoms with van der Waals surface area (Å²) in [6, 6.07) is 13.1. The SMILES string of the molecule is Cc1c(Br)cnn1C(C)C(=O)Nc1ccc(Cl)cc1C(=O)c1ccccc1. The van der Waals surface area contributed by atoms with Gasteiger partial charge < -0.3 is 5.32 Å². The van der Waals surface area contributed by atoms with Crippen molar-refractivity contribution in [3.8, 4) is 0 Å². The molecule has 0 bridgehead atoms. The van der Waals surface area contributed by atoms with Gasteiger partial charge in [0.15, 0.2) is 5.78 Å². The van der Waals surface area contributed by atoms with E-state index in [4.69, 9.17) is 11.6 Å². The maximum absolute atomic E-state index is 12.9. The van der Waals surface area contributed by atoms with E-state index in [2.05, 4.69) is 26.3 Å². The average molecular weight is 447 g/mol. The number of benzene rings is 2. The highest BCUT2D eigenvalue weighted by Gasteiger charge is 2.21. The van der Waals surface area contributed by atoms with Crippen LogP contribution in [-0.2, 0) is 4.79 Å². The van der Waals surface area contributed by atoms with Gasteiger partial charge in [-0.2, -0.15) is 5.10 Å². The van der Waals surface area contributed by atoms with Crippen LogP contribution in [0.4, 0.5) is 5.69 Å². The van der Waals surface area contributed by atoms with Gasteiger partial charge in [-0.3, -0.25) is 14.3 Å². The predicted octanol–water partition coefficient (Wildman–Crippen LogP) is 5.04. The van der Waals surface area contributed by atoms with E-state index in [0.717, 1.165) is 10.2 Å². The molecule has 0 aliphatic carbocycles. The maximum Gasteiger partial charge on any atom is 0.248 e. The third-order valence-electron chi connectivity index (χ3n) is 4.25. The number of amides is 1. The Morgan fingerprint density at radius 3 is 2.52 bits per heavy atom. The zero-order valence-corrected chi connectivity index (χ0v) is 17.1. The van der Waals surface area contributed by atoms with E-state index in [0.29, 0.717) is 21.8 Å². The minimum Gasteiger partial charge on any atom is -0.324 e. The number of anilines is 1. The van der Waals surface area contributed by atoms with E-state index in [1.54, 1.807) is 60.3 Å². The fourth-order valence-electron chi connectivity index (χ4n) is 2.70. The van der Waals surface area contributed by atoms with Gasteiger partial charge in [0, 0.05) is 16.1 Å². The van der Waals surface area contributed by atoms with Crippen LogP contribution < -0.4 is 5.32 Å². The van der Waals surface area contributed by atoms with Crippen LogP contribution in [0, 0.1) is 6.92 Å². The predicted molar refractivity (Wildman–Crippen MR) is 109 cm³/mol. The van der Waals surface area contributed by atoms with Crippen molar-refractivity contribution in [2.75, 3.05) is 5.32 Å². The number of rotatable bonds is 5. The van der Waals surface area contributed by atoms with E-state index in [1.165, 1.54) is 0 Å². The Balaban J connectivity index is 1.90. The highest BCUT2D eigenvalue weighted by molar-refractivity contribution is 9.10. The van der Waals surface area contributed by atoms with Crippen LogP contribution in [-0.4, -0.2) is 21.5 Å². The molecular weight excluding hydrogens is 430 g/mol. The lowest BCUT2D eigenvalue weighted by Crippen LogP contribution is -2.26. The third-order valence-corrected chi connectivity index (χ3v) is 5.26. The van der Waals surface area contributed by atoms with Crippen LogP contribution in [0.25, 0.3) is 0 Å². The first-order valence-electron chi connectivity index (χ1n) is 8.28. The molecule has 3 rings (SSSR count). The van der Waals surface area contributed by atoms with Crippen LogP contribution >= 0.6 is 27.5 Å². The number of halogens is 2. The molecule has 5 nitrogen and oxygen atoms in total. The Morgan fingerprint density at radius 2 is 1.89 bits per heavy atom. The van der Waals surface area contributed by atoms with E-state index >= 15 is 0 Å². The van der Waals surface area contributed by atoms with Gasteiger partial charge in [0.1, 0.15) is 6.04 Å². The topological polar surface area (TPSA) is 64.0 Å². The molecule has 27 heavy (non-hydrogen) atoms. The first-order valence-corrected chi connectivity index (χ1v) is 9.45. The Morgan fingerprint density at radius 1 is 1.19 bits per heavy atom. The summed E-state index contributed by atoms with van der Waals surface area (Å²) in [5.41, 5.74) is 2.12. The number of ketones is 1. The number of nitrogens with zero attached hydrogens (tertiary/aromatic N) is 2. The van der Waals surface area contributed by atoms with Gasteiger partial charge in [-0.15, -0.1) is 0 Å². The van der Waals surface area contributed by atoms with Crippen molar-refractivity contribution in [2.24, 2.45) is 0 Å². The fourth-order valence-corrected chi connectivity index (χ4v) is 3.14. The lowest BCUT2D eigenvalue weighted by Gasteiger charge is -2.16. The van der Waals surface area contributed by atoms with E-state index in [9.17, 15) is 9.59 Å².